The number of anilines is 1. The van der Waals surface area contributed by atoms with Gasteiger partial charge < -0.3 is 11.1 Å². The summed E-state index contributed by atoms with van der Waals surface area (Å²) < 4.78 is 0. The van der Waals surface area contributed by atoms with Crippen LogP contribution in [0, 0.1) is 0 Å². The predicted molar refractivity (Wildman–Crippen MR) is 86.1 cm³/mol. The van der Waals surface area contributed by atoms with Gasteiger partial charge in [-0.3, -0.25) is 4.79 Å². The third-order valence-electron chi connectivity index (χ3n) is 3.20. The van der Waals surface area contributed by atoms with Crippen molar-refractivity contribution in [2.75, 3.05) is 17.7 Å². The fraction of sp³-hybridized carbons (Fsp3) is 0.333. The molecule has 4 nitrogen and oxygen atoms in total. The van der Waals surface area contributed by atoms with Crippen molar-refractivity contribution in [3.05, 3.63) is 36.0 Å². The minimum absolute atomic E-state index is 0.0951. The standard InChI is InChI=1S/C15H19N3OS/c1-10(7-8-20-2)18-15(19)13-9-17-14(16)12-6-4-3-5-11(12)13/h3-6,9-10H,7-8H2,1-2H3,(H2,16,17)(H,18,19). The Kier molecular flexibility index (Phi) is 4.84. The van der Waals surface area contributed by atoms with Crippen molar-refractivity contribution < 1.29 is 4.79 Å². The topological polar surface area (TPSA) is 68.0 Å². The highest BCUT2D eigenvalue weighted by molar-refractivity contribution is 7.98. The molecule has 0 aliphatic rings. The summed E-state index contributed by atoms with van der Waals surface area (Å²) in [6.45, 7) is 2.01. The molecule has 106 valence electrons. The molecule has 1 heterocycles. The second-order valence-electron chi connectivity index (χ2n) is 4.76. The third kappa shape index (κ3) is 3.22. The summed E-state index contributed by atoms with van der Waals surface area (Å²) in [5, 5.41) is 4.67. The summed E-state index contributed by atoms with van der Waals surface area (Å²) in [4.78, 5) is 16.5. The van der Waals surface area contributed by atoms with Crippen LogP contribution < -0.4 is 11.1 Å². The maximum Gasteiger partial charge on any atom is 0.253 e. The summed E-state index contributed by atoms with van der Waals surface area (Å²) >= 11 is 1.78. The molecule has 0 aliphatic carbocycles. The first-order valence-corrected chi connectivity index (χ1v) is 7.96. The van der Waals surface area contributed by atoms with E-state index >= 15 is 0 Å². The van der Waals surface area contributed by atoms with Gasteiger partial charge in [0.25, 0.3) is 5.91 Å². The maximum atomic E-state index is 12.3. The van der Waals surface area contributed by atoms with E-state index in [9.17, 15) is 4.79 Å². The lowest BCUT2D eigenvalue weighted by molar-refractivity contribution is 0.0941. The van der Waals surface area contributed by atoms with Crippen LogP contribution in [0.3, 0.4) is 0 Å². The van der Waals surface area contributed by atoms with E-state index in [1.807, 2.05) is 31.2 Å². The zero-order valence-electron chi connectivity index (χ0n) is 11.7. The average molecular weight is 289 g/mol. The minimum atomic E-state index is -0.0951. The van der Waals surface area contributed by atoms with Gasteiger partial charge in [-0.1, -0.05) is 24.3 Å². The van der Waals surface area contributed by atoms with Crippen molar-refractivity contribution >= 4 is 34.3 Å². The van der Waals surface area contributed by atoms with E-state index in [1.54, 1.807) is 18.0 Å². The number of fused-ring (bicyclic) bond motifs is 1. The zero-order valence-corrected chi connectivity index (χ0v) is 12.5. The lowest BCUT2D eigenvalue weighted by atomic mass is 10.1. The number of pyridine rings is 1. The predicted octanol–water partition coefficient (Wildman–Crippen LogP) is 2.69. The number of benzene rings is 1. The number of carbonyl (C=O) groups excluding carboxylic acids is 1. The van der Waals surface area contributed by atoms with Gasteiger partial charge in [0.05, 0.1) is 5.56 Å². The van der Waals surface area contributed by atoms with E-state index in [0.29, 0.717) is 11.4 Å². The molecule has 1 aromatic heterocycles. The molecule has 3 N–H and O–H groups in total. The first kappa shape index (κ1) is 14.7. The smallest absolute Gasteiger partial charge is 0.253 e. The van der Waals surface area contributed by atoms with Gasteiger partial charge in [-0.2, -0.15) is 11.8 Å². The fourth-order valence-corrected chi connectivity index (χ4v) is 2.65. The first-order valence-electron chi connectivity index (χ1n) is 6.56. The maximum absolute atomic E-state index is 12.3. The highest BCUT2D eigenvalue weighted by Crippen LogP contribution is 2.22. The number of amides is 1. The van der Waals surface area contributed by atoms with Crippen LogP contribution in [0.4, 0.5) is 5.82 Å². The van der Waals surface area contributed by atoms with Crippen LogP contribution in [-0.2, 0) is 0 Å². The normalized spacial score (nSPS) is 12.3. The second kappa shape index (κ2) is 6.61. The molecule has 0 fully saturated rings. The summed E-state index contributed by atoms with van der Waals surface area (Å²) in [6.07, 6.45) is 4.56. The molecule has 1 amide bonds. The molecule has 0 bridgehead atoms. The van der Waals surface area contributed by atoms with E-state index in [0.717, 1.165) is 22.9 Å². The van der Waals surface area contributed by atoms with Gasteiger partial charge in [0.2, 0.25) is 0 Å². The molecule has 1 atom stereocenters. The van der Waals surface area contributed by atoms with Gasteiger partial charge in [-0.15, -0.1) is 0 Å². The number of nitrogens with one attached hydrogen (secondary N) is 1. The molecule has 1 unspecified atom stereocenters. The number of thioether (sulfide) groups is 1. The number of aromatic nitrogens is 1. The number of rotatable bonds is 5. The molecule has 0 spiro atoms. The fourth-order valence-electron chi connectivity index (χ4n) is 2.06. The van der Waals surface area contributed by atoms with E-state index in [-0.39, 0.29) is 11.9 Å². The van der Waals surface area contributed by atoms with Crippen molar-refractivity contribution in [3.63, 3.8) is 0 Å². The Bertz CT molecular complexity index is 615. The number of nitrogens with two attached hydrogens (primary N) is 1. The molecule has 20 heavy (non-hydrogen) atoms. The molecule has 5 heteroatoms. The van der Waals surface area contributed by atoms with Crippen molar-refractivity contribution in [2.45, 2.75) is 19.4 Å². The summed E-state index contributed by atoms with van der Waals surface area (Å²) in [6, 6.07) is 7.71. The van der Waals surface area contributed by atoms with E-state index in [2.05, 4.69) is 16.6 Å². The SMILES string of the molecule is CSCCC(C)NC(=O)c1cnc(N)c2ccccc12. The number of nitrogen functional groups attached to an aromatic ring is 1. The van der Waals surface area contributed by atoms with Gasteiger partial charge >= 0.3 is 0 Å². The van der Waals surface area contributed by atoms with Crippen molar-refractivity contribution in [2.24, 2.45) is 0 Å². The molecule has 1 aromatic carbocycles. The molecular weight excluding hydrogens is 270 g/mol. The number of hydrogen-bond acceptors (Lipinski definition) is 4. The largest absolute Gasteiger partial charge is 0.383 e. The Morgan fingerprint density at radius 2 is 2.10 bits per heavy atom. The molecule has 0 aliphatic heterocycles. The summed E-state index contributed by atoms with van der Waals surface area (Å²) in [5.41, 5.74) is 6.42. The number of nitrogens with zero attached hydrogens (tertiary/aromatic N) is 1. The molecule has 2 aromatic rings. The molecule has 2 rings (SSSR count). The van der Waals surface area contributed by atoms with Gasteiger partial charge in [0.15, 0.2) is 0 Å². The molecule has 0 saturated carbocycles. The van der Waals surface area contributed by atoms with Gasteiger partial charge in [0.1, 0.15) is 5.82 Å². The van der Waals surface area contributed by atoms with E-state index < -0.39 is 0 Å². The van der Waals surface area contributed by atoms with E-state index in [1.165, 1.54) is 0 Å². The van der Waals surface area contributed by atoms with Crippen LogP contribution in [0.5, 0.6) is 0 Å². The molecular formula is C15H19N3OS. The Hall–Kier alpha value is -1.75. The van der Waals surface area contributed by atoms with Crippen LogP contribution in [0.15, 0.2) is 30.5 Å². The number of hydrogen-bond donors (Lipinski definition) is 2. The summed E-state index contributed by atoms with van der Waals surface area (Å²) in [7, 11) is 0. The molecule has 0 radical (unpaired) electrons. The van der Waals surface area contributed by atoms with Gasteiger partial charge in [-0.25, -0.2) is 4.98 Å². The molecule has 0 saturated heterocycles. The van der Waals surface area contributed by atoms with Crippen LogP contribution in [0.1, 0.15) is 23.7 Å². The minimum Gasteiger partial charge on any atom is -0.383 e. The monoisotopic (exact) mass is 289 g/mol. The van der Waals surface area contributed by atoms with Crippen molar-refractivity contribution in [1.82, 2.24) is 10.3 Å². The van der Waals surface area contributed by atoms with Crippen molar-refractivity contribution in [3.8, 4) is 0 Å². The highest BCUT2D eigenvalue weighted by atomic mass is 32.2. The van der Waals surface area contributed by atoms with E-state index in [4.69, 9.17) is 5.73 Å². The third-order valence-corrected chi connectivity index (χ3v) is 3.85. The van der Waals surface area contributed by atoms with Crippen LogP contribution in [-0.4, -0.2) is 28.9 Å². The van der Waals surface area contributed by atoms with Crippen LogP contribution in [0.2, 0.25) is 0 Å². The second-order valence-corrected chi connectivity index (χ2v) is 5.74. The van der Waals surface area contributed by atoms with Gasteiger partial charge in [-0.05, 0) is 30.7 Å². The Balaban J connectivity index is 2.24. The average Bonchev–Trinajstić information content (AvgIpc) is 2.45. The van der Waals surface area contributed by atoms with Crippen molar-refractivity contribution in [1.29, 1.82) is 0 Å². The quantitative estimate of drug-likeness (QED) is 0.888. The lowest BCUT2D eigenvalue weighted by Gasteiger charge is -2.14. The number of carbonyl (C=O) groups is 1. The Morgan fingerprint density at radius 3 is 2.80 bits per heavy atom. The highest BCUT2D eigenvalue weighted by Gasteiger charge is 2.14. The van der Waals surface area contributed by atoms with Crippen LogP contribution >= 0.6 is 11.8 Å². The Morgan fingerprint density at radius 1 is 1.40 bits per heavy atom. The van der Waals surface area contributed by atoms with Gasteiger partial charge in [0, 0.05) is 17.6 Å². The Labute approximate surface area is 123 Å². The lowest BCUT2D eigenvalue weighted by Crippen LogP contribution is -2.33. The van der Waals surface area contributed by atoms with Crippen LogP contribution in [0.25, 0.3) is 10.8 Å². The summed E-state index contributed by atoms with van der Waals surface area (Å²) in [5.74, 6) is 1.39. The first-order chi connectivity index (χ1) is 9.63. The zero-order chi connectivity index (χ0) is 14.5.